The molecule has 1 amide bonds. The normalized spacial score (nSPS) is 16.2. The second-order valence-corrected chi connectivity index (χ2v) is 6.38. The maximum absolute atomic E-state index is 12.5. The number of carbonyl (C=O) groups is 1. The van der Waals surface area contributed by atoms with Crippen molar-refractivity contribution >= 4 is 33.2 Å². The number of hydrogen-bond acceptors (Lipinski definition) is 2. The van der Waals surface area contributed by atoms with Crippen molar-refractivity contribution in [3.63, 3.8) is 0 Å². The highest BCUT2D eigenvalue weighted by Crippen LogP contribution is 2.28. The minimum atomic E-state index is -0.204. The minimum Gasteiger partial charge on any atom is -0.373 e. The minimum absolute atomic E-state index is 0.0136. The first kappa shape index (κ1) is 14.1. The molecule has 0 fully saturated rings. The first-order valence-corrected chi connectivity index (χ1v) is 7.76. The summed E-state index contributed by atoms with van der Waals surface area (Å²) in [4.78, 5) is 12.5. The smallest absolute Gasteiger partial charge is 0.247 e. The number of hydrogen-bond donors (Lipinski definition) is 2. The Bertz CT molecular complexity index is 664. The van der Waals surface area contributed by atoms with Crippen LogP contribution in [0.15, 0.2) is 40.9 Å². The summed E-state index contributed by atoms with van der Waals surface area (Å²) in [7, 11) is 0. The summed E-state index contributed by atoms with van der Waals surface area (Å²) >= 11 is 3.47. The van der Waals surface area contributed by atoms with Crippen molar-refractivity contribution < 1.29 is 4.79 Å². The zero-order chi connectivity index (χ0) is 15.0. The number of carbonyl (C=O) groups excluding carboxylic acids is 1. The number of halogens is 1. The van der Waals surface area contributed by atoms with E-state index in [1.165, 1.54) is 5.56 Å². The van der Waals surface area contributed by atoms with E-state index in [1.54, 1.807) is 0 Å². The van der Waals surface area contributed by atoms with Crippen molar-refractivity contribution in [1.29, 1.82) is 0 Å². The molecular weight excluding hydrogens is 328 g/mol. The van der Waals surface area contributed by atoms with E-state index in [0.29, 0.717) is 0 Å². The van der Waals surface area contributed by atoms with Gasteiger partial charge < -0.3 is 10.6 Å². The molecule has 1 atom stereocenters. The molecule has 0 aliphatic carbocycles. The second-order valence-electron chi connectivity index (χ2n) is 5.46. The molecule has 4 heteroatoms. The molecular formula is C17H17BrN2O. The van der Waals surface area contributed by atoms with Crippen molar-refractivity contribution in [3.8, 4) is 0 Å². The van der Waals surface area contributed by atoms with Crippen molar-refractivity contribution in [2.75, 3.05) is 10.6 Å². The average molecular weight is 345 g/mol. The van der Waals surface area contributed by atoms with Crippen LogP contribution >= 0.6 is 15.9 Å². The van der Waals surface area contributed by atoms with Crippen LogP contribution < -0.4 is 10.6 Å². The van der Waals surface area contributed by atoms with Gasteiger partial charge in [-0.25, -0.2) is 0 Å². The van der Waals surface area contributed by atoms with Crippen molar-refractivity contribution in [1.82, 2.24) is 0 Å². The number of fused-ring (bicyclic) bond motifs is 1. The van der Waals surface area contributed by atoms with E-state index in [-0.39, 0.29) is 11.9 Å². The fraction of sp³-hybridized carbons (Fsp3) is 0.235. The zero-order valence-electron chi connectivity index (χ0n) is 12.0. The molecule has 0 saturated heterocycles. The highest BCUT2D eigenvalue weighted by molar-refractivity contribution is 9.10. The largest absolute Gasteiger partial charge is 0.373 e. The van der Waals surface area contributed by atoms with Crippen LogP contribution in [0.1, 0.15) is 16.7 Å². The van der Waals surface area contributed by atoms with Crippen LogP contribution in [0.3, 0.4) is 0 Å². The fourth-order valence-corrected chi connectivity index (χ4v) is 3.46. The lowest BCUT2D eigenvalue weighted by Gasteiger charge is -2.16. The molecule has 1 aliphatic heterocycles. The Morgan fingerprint density at radius 3 is 2.57 bits per heavy atom. The molecule has 108 valence electrons. The molecule has 1 aliphatic rings. The molecule has 2 aromatic carbocycles. The quantitative estimate of drug-likeness (QED) is 0.863. The number of anilines is 2. The second kappa shape index (κ2) is 5.53. The van der Waals surface area contributed by atoms with Gasteiger partial charge in [-0.2, -0.15) is 0 Å². The maximum atomic E-state index is 12.5. The molecule has 3 rings (SSSR count). The van der Waals surface area contributed by atoms with E-state index >= 15 is 0 Å². The van der Waals surface area contributed by atoms with Gasteiger partial charge in [-0.05, 0) is 48.7 Å². The summed E-state index contributed by atoms with van der Waals surface area (Å²) in [6, 6.07) is 11.9. The highest BCUT2D eigenvalue weighted by Gasteiger charge is 2.26. The predicted molar refractivity (Wildman–Crippen MR) is 89.8 cm³/mol. The lowest BCUT2D eigenvalue weighted by atomic mass is 10.1. The molecule has 0 aromatic heterocycles. The SMILES string of the molecule is Cc1cc(Br)cc(C)c1NC(=O)[C@@H]1Cc2ccccc2N1. The van der Waals surface area contributed by atoms with Crippen molar-refractivity contribution in [2.24, 2.45) is 0 Å². The summed E-state index contributed by atoms with van der Waals surface area (Å²) in [6.45, 7) is 4.01. The number of benzene rings is 2. The van der Waals surface area contributed by atoms with E-state index in [0.717, 1.165) is 33.4 Å². The first-order valence-electron chi connectivity index (χ1n) is 6.96. The van der Waals surface area contributed by atoms with Gasteiger partial charge in [0.05, 0.1) is 0 Å². The van der Waals surface area contributed by atoms with Gasteiger partial charge >= 0.3 is 0 Å². The Morgan fingerprint density at radius 1 is 1.24 bits per heavy atom. The molecule has 2 aromatic rings. The summed E-state index contributed by atoms with van der Waals surface area (Å²) < 4.78 is 1.03. The van der Waals surface area contributed by atoms with Gasteiger partial charge in [0.15, 0.2) is 0 Å². The molecule has 1 heterocycles. The number of amides is 1. The van der Waals surface area contributed by atoms with Gasteiger partial charge in [-0.15, -0.1) is 0 Å². The van der Waals surface area contributed by atoms with E-state index in [9.17, 15) is 4.79 Å². The van der Waals surface area contributed by atoms with Gasteiger partial charge in [0.25, 0.3) is 0 Å². The third-order valence-corrected chi connectivity index (χ3v) is 4.29. The zero-order valence-corrected chi connectivity index (χ0v) is 13.6. The van der Waals surface area contributed by atoms with Crippen LogP contribution in [-0.4, -0.2) is 11.9 Å². The Kier molecular flexibility index (Phi) is 3.72. The molecule has 0 saturated carbocycles. The van der Waals surface area contributed by atoms with Gasteiger partial charge in [0.2, 0.25) is 5.91 Å². The summed E-state index contributed by atoms with van der Waals surface area (Å²) in [6.07, 6.45) is 0.733. The van der Waals surface area contributed by atoms with Crippen LogP contribution in [-0.2, 0) is 11.2 Å². The third-order valence-electron chi connectivity index (χ3n) is 3.83. The Labute approximate surface area is 132 Å². The van der Waals surface area contributed by atoms with Crippen LogP contribution in [0, 0.1) is 13.8 Å². The molecule has 0 radical (unpaired) electrons. The van der Waals surface area contributed by atoms with E-state index in [4.69, 9.17) is 0 Å². The Balaban J connectivity index is 1.77. The standard InChI is InChI=1S/C17H17BrN2O/c1-10-7-13(18)8-11(2)16(10)20-17(21)15-9-12-5-3-4-6-14(12)19-15/h3-8,15,19H,9H2,1-2H3,(H,20,21)/t15-/m0/s1. The van der Waals surface area contributed by atoms with Gasteiger partial charge in [-0.1, -0.05) is 34.1 Å². The summed E-state index contributed by atoms with van der Waals surface area (Å²) in [5, 5.41) is 6.34. The Hall–Kier alpha value is -1.81. The molecule has 0 unspecified atom stereocenters. The lowest BCUT2D eigenvalue weighted by Crippen LogP contribution is -2.33. The number of nitrogens with one attached hydrogen (secondary N) is 2. The Morgan fingerprint density at radius 2 is 1.90 bits per heavy atom. The molecule has 3 nitrogen and oxygen atoms in total. The van der Waals surface area contributed by atoms with E-state index in [2.05, 4.69) is 32.6 Å². The van der Waals surface area contributed by atoms with E-state index < -0.39 is 0 Å². The van der Waals surface area contributed by atoms with E-state index in [1.807, 2.05) is 44.2 Å². The van der Waals surface area contributed by atoms with Gasteiger partial charge in [-0.3, -0.25) is 4.79 Å². The highest BCUT2D eigenvalue weighted by atomic mass is 79.9. The predicted octanol–water partition coefficient (Wildman–Crippen LogP) is 4.04. The average Bonchev–Trinajstić information content (AvgIpc) is 2.86. The lowest BCUT2D eigenvalue weighted by molar-refractivity contribution is -0.116. The topological polar surface area (TPSA) is 41.1 Å². The summed E-state index contributed by atoms with van der Waals surface area (Å²) in [5.41, 5.74) is 5.28. The van der Waals surface area contributed by atoms with Gasteiger partial charge in [0, 0.05) is 22.3 Å². The van der Waals surface area contributed by atoms with Crippen molar-refractivity contribution in [2.45, 2.75) is 26.3 Å². The van der Waals surface area contributed by atoms with Crippen LogP contribution in [0.5, 0.6) is 0 Å². The third kappa shape index (κ3) is 2.81. The van der Waals surface area contributed by atoms with Crippen molar-refractivity contribution in [3.05, 3.63) is 57.6 Å². The fourth-order valence-electron chi connectivity index (χ4n) is 2.77. The maximum Gasteiger partial charge on any atom is 0.247 e. The molecule has 2 N–H and O–H groups in total. The monoisotopic (exact) mass is 344 g/mol. The molecule has 0 spiro atoms. The van der Waals surface area contributed by atoms with Crippen LogP contribution in [0.2, 0.25) is 0 Å². The number of aryl methyl sites for hydroxylation is 2. The number of rotatable bonds is 2. The number of para-hydroxylation sites is 1. The molecule has 0 bridgehead atoms. The van der Waals surface area contributed by atoms with Crippen LogP contribution in [0.25, 0.3) is 0 Å². The van der Waals surface area contributed by atoms with Gasteiger partial charge in [0.1, 0.15) is 6.04 Å². The molecule has 21 heavy (non-hydrogen) atoms. The first-order chi connectivity index (χ1) is 10.0. The van der Waals surface area contributed by atoms with Crippen LogP contribution in [0.4, 0.5) is 11.4 Å². The summed E-state index contributed by atoms with van der Waals surface area (Å²) in [5.74, 6) is 0.0136.